The van der Waals surface area contributed by atoms with E-state index in [1.165, 1.54) is 12.1 Å². The van der Waals surface area contributed by atoms with Crippen molar-refractivity contribution < 1.29 is 14.0 Å². The molecule has 0 heterocycles. The number of hydrogen-bond acceptors (Lipinski definition) is 2. The smallest absolute Gasteiger partial charge is 0.321 e. The minimum atomic E-state index is -3.66. The molecular weight excluding hydrogens is 211 g/mol. The molecule has 1 rings (SSSR count). The lowest BCUT2D eigenvalue weighted by Gasteiger charge is -2.10. The summed E-state index contributed by atoms with van der Waals surface area (Å²) < 4.78 is 16.2. The molecule has 0 saturated heterocycles. The van der Waals surface area contributed by atoms with Crippen LogP contribution in [0.5, 0.6) is 0 Å². The van der Waals surface area contributed by atoms with Gasteiger partial charge in [-0.2, -0.15) is 0 Å². The normalized spacial score (nSPS) is 15.3. The van der Waals surface area contributed by atoms with Crippen molar-refractivity contribution in [2.24, 2.45) is 0 Å². The zero-order chi connectivity index (χ0) is 9.90. The zero-order valence-corrected chi connectivity index (χ0v) is 8.76. The fraction of sp³-hybridized carbons (Fsp3) is 0.250. The van der Waals surface area contributed by atoms with Crippen molar-refractivity contribution in [1.29, 1.82) is 0 Å². The highest BCUT2D eigenvalue weighted by Gasteiger charge is 2.21. The molecule has 0 radical (unpaired) electrons. The van der Waals surface area contributed by atoms with Gasteiger partial charge in [-0.05, 0) is 25.1 Å². The minimum Gasteiger partial charge on any atom is -0.321 e. The van der Waals surface area contributed by atoms with E-state index in [0.29, 0.717) is 5.02 Å². The molecule has 0 aromatic heterocycles. The topological polar surface area (TPSA) is 46.5 Å². The van der Waals surface area contributed by atoms with E-state index in [0.717, 1.165) is 0 Å². The van der Waals surface area contributed by atoms with Crippen LogP contribution in [0.25, 0.3) is 0 Å². The van der Waals surface area contributed by atoms with Gasteiger partial charge >= 0.3 is 7.60 Å². The van der Waals surface area contributed by atoms with Gasteiger partial charge in [-0.25, -0.2) is 0 Å². The molecule has 0 amide bonds. The highest BCUT2D eigenvalue weighted by atomic mass is 35.5. The molecule has 0 saturated carbocycles. The quantitative estimate of drug-likeness (QED) is 0.795. The van der Waals surface area contributed by atoms with Crippen molar-refractivity contribution >= 4 is 24.5 Å². The summed E-state index contributed by atoms with van der Waals surface area (Å²) in [4.78, 5) is 9.38. The lowest BCUT2D eigenvalue weighted by molar-refractivity contribution is 0.284. The fourth-order valence-electron chi connectivity index (χ4n) is 0.901. The van der Waals surface area contributed by atoms with E-state index in [-0.39, 0.29) is 11.9 Å². The molecule has 3 nitrogen and oxygen atoms in total. The first-order chi connectivity index (χ1) is 6.06. The van der Waals surface area contributed by atoms with Crippen LogP contribution < -0.4 is 5.30 Å². The van der Waals surface area contributed by atoms with Crippen LogP contribution in [-0.4, -0.2) is 11.5 Å². The molecule has 0 aliphatic rings. The van der Waals surface area contributed by atoms with Crippen LogP contribution in [0.3, 0.4) is 0 Å². The Hall–Kier alpha value is -0.340. The van der Waals surface area contributed by atoms with Crippen molar-refractivity contribution in [3.05, 3.63) is 29.3 Å². The van der Waals surface area contributed by atoms with Gasteiger partial charge in [-0.3, -0.25) is 4.57 Å². The lowest BCUT2D eigenvalue weighted by Crippen LogP contribution is -2.06. The monoisotopic (exact) mass is 220 g/mol. The first kappa shape index (κ1) is 10.7. The Labute approximate surface area is 81.8 Å². The van der Waals surface area contributed by atoms with Crippen molar-refractivity contribution in [2.45, 2.75) is 6.92 Å². The predicted octanol–water partition coefficient (Wildman–Crippen LogP) is 2.19. The maximum Gasteiger partial charge on any atom is 0.358 e. The van der Waals surface area contributed by atoms with Crippen LogP contribution >= 0.6 is 19.2 Å². The molecule has 13 heavy (non-hydrogen) atoms. The summed E-state index contributed by atoms with van der Waals surface area (Å²) in [7, 11) is -3.66. The standard InChI is InChI=1S/C8H10ClO3P/c1-2-12-13(10,11)8-5-3-4-7(9)6-8/h3-6H,2H2,1H3,(H,10,11). The molecule has 0 fully saturated rings. The third-order valence-electron chi connectivity index (χ3n) is 1.44. The first-order valence-corrected chi connectivity index (χ1v) is 5.75. The van der Waals surface area contributed by atoms with E-state index in [1.807, 2.05) is 0 Å². The second-order valence-electron chi connectivity index (χ2n) is 2.42. The second kappa shape index (κ2) is 4.25. The Kier molecular flexibility index (Phi) is 3.51. The fourth-order valence-corrected chi connectivity index (χ4v) is 2.24. The van der Waals surface area contributed by atoms with Gasteiger partial charge in [0, 0.05) is 5.02 Å². The van der Waals surface area contributed by atoms with E-state index >= 15 is 0 Å². The summed E-state index contributed by atoms with van der Waals surface area (Å²) in [5.74, 6) is 0. The molecular formula is C8H10ClO3P. The Morgan fingerprint density at radius 1 is 1.62 bits per heavy atom. The molecule has 1 atom stereocenters. The average Bonchev–Trinajstić information content (AvgIpc) is 2.04. The second-order valence-corrected chi connectivity index (χ2v) is 4.67. The Morgan fingerprint density at radius 2 is 2.31 bits per heavy atom. The minimum absolute atomic E-state index is 0.195. The highest BCUT2D eigenvalue weighted by Crippen LogP contribution is 2.40. The van der Waals surface area contributed by atoms with Crippen LogP contribution in [0.4, 0.5) is 0 Å². The van der Waals surface area contributed by atoms with Crippen LogP contribution in [0.2, 0.25) is 5.02 Å². The third-order valence-corrected chi connectivity index (χ3v) is 3.21. The van der Waals surface area contributed by atoms with Gasteiger partial charge in [0.15, 0.2) is 0 Å². The largest absolute Gasteiger partial charge is 0.358 e. The van der Waals surface area contributed by atoms with Crippen molar-refractivity contribution in [2.75, 3.05) is 6.61 Å². The van der Waals surface area contributed by atoms with Gasteiger partial charge in [0.25, 0.3) is 0 Å². The summed E-state index contributed by atoms with van der Waals surface area (Å²) in [6, 6.07) is 6.19. The zero-order valence-electron chi connectivity index (χ0n) is 7.11. The molecule has 0 bridgehead atoms. The van der Waals surface area contributed by atoms with Crippen LogP contribution in [0, 0.1) is 0 Å². The number of benzene rings is 1. The van der Waals surface area contributed by atoms with Crippen molar-refractivity contribution in [1.82, 2.24) is 0 Å². The molecule has 0 spiro atoms. The summed E-state index contributed by atoms with van der Waals surface area (Å²) in [6.07, 6.45) is 0. The molecule has 0 aliphatic carbocycles. The molecule has 0 aliphatic heterocycles. The number of hydrogen-bond donors (Lipinski definition) is 1. The molecule has 1 unspecified atom stereocenters. The van der Waals surface area contributed by atoms with E-state index in [2.05, 4.69) is 0 Å². The van der Waals surface area contributed by atoms with E-state index in [9.17, 15) is 9.46 Å². The lowest BCUT2D eigenvalue weighted by atomic mass is 10.4. The third kappa shape index (κ3) is 2.82. The Bertz CT molecular complexity index is 340. The van der Waals surface area contributed by atoms with Gasteiger partial charge < -0.3 is 9.42 Å². The van der Waals surface area contributed by atoms with Crippen LogP contribution in [0.15, 0.2) is 24.3 Å². The van der Waals surface area contributed by atoms with E-state index in [1.54, 1.807) is 19.1 Å². The maximum absolute atomic E-state index is 11.4. The summed E-state index contributed by atoms with van der Waals surface area (Å²) in [5.41, 5.74) is 0. The van der Waals surface area contributed by atoms with Gasteiger partial charge in [0.1, 0.15) is 0 Å². The van der Waals surface area contributed by atoms with Gasteiger partial charge in [-0.15, -0.1) is 0 Å². The molecule has 5 heteroatoms. The summed E-state index contributed by atoms with van der Waals surface area (Å²) in [6.45, 7) is 1.85. The Balaban J connectivity index is 3.00. The Morgan fingerprint density at radius 3 is 2.85 bits per heavy atom. The predicted molar refractivity (Wildman–Crippen MR) is 52.5 cm³/mol. The molecule has 1 aromatic rings. The summed E-state index contributed by atoms with van der Waals surface area (Å²) >= 11 is 5.66. The molecule has 1 aromatic carbocycles. The number of rotatable bonds is 3. The van der Waals surface area contributed by atoms with Gasteiger partial charge in [0.05, 0.1) is 11.9 Å². The SMILES string of the molecule is CCOP(=O)(O)c1cccc(Cl)c1. The molecule has 1 N–H and O–H groups in total. The first-order valence-electron chi connectivity index (χ1n) is 3.79. The van der Waals surface area contributed by atoms with Crippen molar-refractivity contribution in [3.63, 3.8) is 0 Å². The highest BCUT2D eigenvalue weighted by molar-refractivity contribution is 7.61. The van der Waals surface area contributed by atoms with Gasteiger partial charge in [-0.1, -0.05) is 17.7 Å². The van der Waals surface area contributed by atoms with Crippen LogP contribution in [-0.2, 0) is 9.09 Å². The van der Waals surface area contributed by atoms with E-state index in [4.69, 9.17) is 16.1 Å². The van der Waals surface area contributed by atoms with Crippen molar-refractivity contribution in [3.8, 4) is 0 Å². The summed E-state index contributed by atoms with van der Waals surface area (Å²) in [5, 5.41) is 0.647. The van der Waals surface area contributed by atoms with Gasteiger partial charge in [0.2, 0.25) is 0 Å². The molecule has 72 valence electrons. The van der Waals surface area contributed by atoms with E-state index < -0.39 is 7.60 Å². The number of halogens is 1. The average molecular weight is 221 g/mol. The van der Waals surface area contributed by atoms with Crippen LogP contribution in [0.1, 0.15) is 6.92 Å². The maximum atomic E-state index is 11.4.